The minimum atomic E-state index is -2.69. The highest BCUT2D eigenvalue weighted by atomic mass is 19.3. The normalized spacial score (nSPS) is 15.8. The molecule has 41 heavy (non-hydrogen) atoms. The number of alkyl halides is 2. The van der Waals surface area contributed by atoms with E-state index in [1.165, 1.54) is 6.07 Å². The Hall–Kier alpha value is -4.50. The number of benzene rings is 1. The Morgan fingerprint density at radius 1 is 1.22 bits per heavy atom. The summed E-state index contributed by atoms with van der Waals surface area (Å²) in [7, 11) is 1.71. The molecule has 6 nitrogen and oxygen atoms in total. The van der Waals surface area contributed by atoms with E-state index in [2.05, 4.69) is 38.4 Å². The van der Waals surface area contributed by atoms with Crippen molar-refractivity contribution in [3.05, 3.63) is 109 Å². The molecule has 9 heteroatoms. The minimum Gasteiger partial charge on any atom is -0.388 e. The van der Waals surface area contributed by atoms with Gasteiger partial charge in [0.05, 0.1) is 12.1 Å². The van der Waals surface area contributed by atoms with E-state index in [0.717, 1.165) is 22.2 Å². The number of fused-ring (bicyclic) bond motifs is 1. The Balaban J connectivity index is 1.51. The molecule has 3 aromatic heterocycles. The number of aromatic nitrogens is 4. The monoisotopic (exact) mass is 556 g/mol. The van der Waals surface area contributed by atoms with E-state index in [4.69, 9.17) is 0 Å². The van der Waals surface area contributed by atoms with Crippen LogP contribution < -0.4 is 5.32 Å². The van der Waals surface area contributed by atoms with E-state index in [9.17, 15) is 8.78 Å². The molecule has 0 amide bonds. The molecule has 1 fully saturated rings. The third kappa shape index (κ3) is 5.85. The second-order valence-electron chi connectivity index (χ2n) is 9.97. The Labute approximate surface area is 237 Å². The summed E-state index contributed by atoms with van der Waals surface area (Å²) in [5, 5.41) is 3.05. The molecule has 0 bridgehead atoms. The predicted molar refractivity (Wildman–Crippen MR) is 159 cm³/mol. The van der Waals surface area contributed by atoms with Crippen LogP contribution in [0.5, 0.6) is 0 Å². The van der Waals surface area contributed by atoms with Gasteiger partial charge in [-0.3, -0.25) is 9.88 Å². The number of nitrogens with one attached hydrogen (secondary N) is 2. The van der Waals surface area contributed by atoms with Gasteiger partial charge in [0.15, 0.2) is 5.65 Å². The van der Waals surface area contributed by atoms with Gasteiger partial charge in [-0.2, -0.15) is 0 Å². The number of pyridine rings is 2. The van der Waals surface area contributed by atoms with Gasteiger partial charge in [0, 0.05) is 78.7 Å². The maximum Gasteiger partial charge on any atom is 0.261 e. The number of likely N-dealkylation sites (tertiary alicyclic amines) is 1. The van der Waals surface area contributed by atoms with Gasteiger partial charge in [-0.25, -0.2) is 23.1 Å². The largest absolute Gasteiger partial charge is 0.388 e. The summed E-state index contributed by atoms with van der Waals surface area (Å²) in [5.74, 6) is -2.63. The zero-order chi connectivity index (χ0) is 29.1. The summed E-state index contributed by atoms with van der Waals surface area (Å²) in [4.78, 5) is 18.3. The molecule has 4 aromatic rings. The van der Waals surface area contributed by atoms with Crippen LogP contribution in [0.4, 0.5) is 18.9 Å². The molecule has 0 unspecified atom stereocenters. The van der Waals surface area contributed by atoms with Gasteiger partial charge < -0.3 is 10.3 Å². The van der Waals surface area contributed by atoms with Crippen LogP contribution in [-0.2, 0) is 0 Å². The van der Waals surface area contributed by atoms with Crippen molar-refractivity contribution in [1.29, 1.82) is 0 Å². The SMILES string of the molecule is C=C/C(=C\C(=C/C)c1cc(C(=C)c2nc3nccc(-c4cccnc4)c3[nH]2)c(NC)cc1F)CN1CCC(F)(F)C1. The first kappa shape index (κ1) is 28.0. The smallest absolute Gasteiger partial charge is 0.261 e. The average Bonchev–Trinajstić information content (AvgIpc) is 3.57. The molecule has 4 heterocycles. The molecule has 1 aliphatic rings. The van der Waals surface area contributed by atoms with Crippen molar-refractivity contribution < 1.29 is 13.2 Å². The number of hydrogen-bond acceptors (Lipinski definition) is 5. The number of anilines is 1. The molecule has 0 spiro atoms. The van der Waals surface area contributed by atoms with Crippen molar-refractivity contribution in [2.24, 2.45) is 0 Å². The minimum absolute atomic E-state index is 0.166. The summed E-state index contributed by atoms with van der Waals surface area (Å²) in [6.07, 6.45) is 10.2. The molecule has 0 radical (unpaired) electrons. The lowest BCUT2D eigenvalue weighted by atomic mass is 9.95. The predicted octanol–water partition coefficient (Wildman–Crippen LogP) is 7.12. The van der Waals surface area contributed by atoms with Crippen LogP contribution in [0.15, 0.2) is 85.9 Å². The molecule has 2 N–H and O–H groups in total. The number of imidazole rings is 1. The van der Waals surface area contributed by atoms with Crippen LogP contribution >= 0.6 is 0 Å². The molecule has 0 aliphatic carbocycles. The summed E-state index contributed by atoms with van der Waals surface area (Å²) in [6, 6.07) is 8.86. The highest BCUT2D eigenvalue weighted by molar-refractivity contribution is 5.93. The van der Waals surface area contributed by atoms with E-state index in [-0.39, 0.29) is 13.0 Å². The molecule has 0 saturated carbocycles. The van der Waals surface area contributed by atoms with Crippen molar-refractivity contribution in [2.75, 3.05) is 32.0 Å². The van der Waals surface area contributed by atoms with Crippen molar-refractivity contribution in [2.45, 2.75) is 19.3 Å². The number of halogens is 3. The summed E-state index contributed by atoms with van der Waals surface area (Å²) in [5.41, 5.74) is 6.49. The first-order valence-corrected chi connectivity index (χ1v) is 13.3. The van der Waals surface area contributed by atoms with E-state index in [1.807, 2.05) is 18.2 Å². The molecule has 5 rings (SSSR count). The molecule has 1 aliphatic heterocycles. The van der Waals surface area contributed by atoms with E-state index in [1.54, 1.807) is 61.8 Å². The number of nitrogens with zero attached hydrogens (tertiary/aromatic N) is 4. The number of H-pyrrole nitrogens is 1. The zero-order valence-corrected chi connectivity index (χ0v) is 23.0. The number of rotatable bonds is 9. The number of hydrogen-bond donors (Lipinski definition) is 2. The zero-order valence-electron chi connectivity index (χ0n) is 23.0. The Kier molecular flexibility index (Phi) is 7.90. The lowest BCUT2D eigenvalue weighted by Gasteiger charge is -2.18. The molecule has 0 atom stereocenters. The topological polar surface area (TPSA) is 69.7 Å². The standard InChI is InChI=1S/C32H31F3N6/c1-5-21(18-41-13-10-32(34,35)19-41)14-22(6-2)26-15-25(28(36-4)16-27(26)33)20(3)30-39-29-24(9-12-38-31(29)40-30)23-8-7-11-37-17-23/h5-9,11-12,14-17,36H,1,3,10,13,18-19H2,2,4H3,(H,38,39,40)/b21-14+,22-6+. The van der Waals surface area contributed by atoms with Gasteiger partial charge in [0.2, 0.25) is 0 Å². The van der Waals surface area contributed by atoms with Gasteiger partial charge >= 0.3 is 0 Å². The van der Waals surface area contributed by atoms with Crippen LogP contribution in [0, 0.1) is 5.82 Å². The van der Waals surface area contributed by atoms with Crippen molar-refractivity contribution >= 4 is 28.0 Å². The van der Waals surface area contributed by atoms with E-state index >= 15 is 4.39 Å². The first-order valence-electron chi connectivity index (χ1n) is 13.3. The van der Waals surface area contributed by atoms with Crippen molar-refractivity contribution in [1.82, 2.24) is 24.8 Å². The van der Waals surface area contributed by atoms with Crippen LogP contribution in [0.1, 0.15) is 30.3 Å². The number of aromatic amines is 1. The fraction of sp³-hybridized carbons (Fsp3) is 0.219. The van der Waals surface area contributed by atoms with Crippen LogP contribution in [0.2, 0.25) is 0 Å². The second-order valence-corrected chi connectivity index (χ2v) is 9.97. The summed E-state index contributed by atoms with van der Waals surface area (Å²) >= 11 is 0. The van der Waals surface area contributed by atoms with Crippen LogP contribution in [0.3, 0.4) is 0 Å². The van der Waals surface area contributed by atoms with Gasteiger partial charge in [-0.05, 0) is 42.3 Å². The van der Waals surface area contributed by atoms with E-state index in [0.29, 0.717) is 52.5 Å². The van der Waals surface area contributed by atoms with Gasteiger partial charge in [-0.15, -0.1) is 0 Å². The second kappa shape index (κ2) is 11.5. The van der Waals surface area contributed by atoms with Gasteiger partial charge in [0.1, 0.15) is 11.6 Å². The van der Waals surface area contributed by atoms with Crippen molar-refractivity contribution in [3.63, 3.8) is 0 Å². The third-order valence-corrected chi connectivity index (χ3v) is 7.23. The molecular weight excluding hydrogens is 525 g/mol. The van der Waals surface area contributed by atoms with Gasteiger partial charge in [-0.1, -0.05) is 37.5 Å². The third-order valence-electron chi connectivity index (χ3n) is 7.23. The Morgan fingerprint density at radius 3 is 2.71 bits per heavy atom. The maximum atomic E-state index is 15.5. The molecule has 1 aromatic carbocycles. The Morgan fingerprint density at radius 2 is 2.05 bits per heavy atom. The first-order chi connectivity index (χ1) is 19.7. The highest BCUT2D eigenvalue weighted by Crippen LogP contribution is 2.35. The van der Waals surface area contributed by atoms with E-state index < -0.39 is 11.7 Å². The van der Waals surface area contributed by atoms with Crippen molar-refractivity contribution in [3.8, 4) is 11.1 Å². The summed E-state index contributed by atoms with van der Waals surface area (Å²) < 4.78 is 42.9. The van der Waals surface area contributed by atoms with Crippen LogP contribution in [-0.4, -0.2) is 57.4 Å². The fourth-order valence-corrected chi connectivity index (χ4v) is 5.08. The average molecular weight is 557 g/mol. The molecule has 1 saturated heterocycles. The number of allylic oxidation sites excluding steroid dienone is 3. The fourth-order valence-electron chi connectivity index (χ4n) is 5.08. The lowest BCUT2D eigenvalue weighted by molar-refractivity contribution is 0.0131. The highest BCUT2D eigenvalue weighted by Gasteiger charge is 2.38. The maximum absolute atomic E-state index is 15.5. The molecular formula is C32H31F3N6. The molecule has 210 valence electrons. The van der Waals surface area contributed by atoms with Gasteiger partial charge in [0.25, 0.3) is 5.92 Å². The summed E-state index contributed by atoms with van der Waals surface area (Å²) in [6.45, 7) is 10.3. The lowest BCUT2D eigenvalue weighted by Crippen LogP contribution is -2.26. The van der Waals surface area contributed by atoms with Crippen LogP contribution in [0.25, 0.3) is 33.4 Å². The quantitative estimate of drug-likeness (QED) is 0.215. The Bertz CT molecular complexity index is 1670.